The quantitative estimate of drug-likeness (QED) is 0.601. The third-order valence-electron chi connectivity index (χ3n) is 7.06. The maximum Gasteiger partial charge on any atom is 0.123 e. The second kappa shape index (κ2) is 9.00. The second-order valence-electron chi connectivity index (χ2n) is 9.15. The van der Waals surface area contributed by atoms with Crippen LogP contribution in [-0.2, 0) is 18.8 Å². The first-order valence-electron chi connectivity index (χ1n) is 11.4. The first-order chi connectivity index (χ1) is 15.6. The number of likely N-dealkylation sites (tertiary alicyclic amines) is 1. The van der Waals surface area contributed by atoms with Gasteiger partial charge in [0.2, 0.25) is 0 Å². The Hall–Kier alpha value is -2.76. The summed E-state index contributed by atoms with van der Waals surface area (Å²) in [5, 5.41) is 11.7. The number of ether oxygens (including phenoxy) is 1. The molecule has 2 aliphatic rings. The van der Waals surface area contributed by atoms with Crippen molar-refractivity contribution in [2.75, 3.05) is 13.1 Å². The number of piperidine rings is 1. The molecule has 0 spiro atoms. The summed E-state index contributed by atoms with van der Waals surface area (Å²) in [6, 6.07) is 18.6. The third-order valence-corrected chi connectivity index (χ3v) is 7.06. The lowest BCUT2D eigenvalue weighted by Gasteiger charge is -2.53. The minimum absolute atomic E-state index is 0.230. The number of rotatable bonds is 6. The zero-order chi connectivity index (χ0) is 22.0. The summed E-state index contributed by atoms with van der Waals surface area (Å²) in [4.78, 5) is 6.74. The van der Waals surface area contributed by atoms with Crippen molar-refractivity contribution in [3.05, 3.63) is 95.6 Å². The summed E-state index contributed by atoms with van der Waals surface area (Å²) in [6.07, 6.45) is 6.88. The minimum Gasteiger partial charge on any atom is -0.489 e. The smallest absolute Gasteiger partial charge is 0.123 e. The van der Waals surface area contributed by atoms with E-state index in [1.165, 1.54) is 24.1 Å². The Balaban J connectivity index is 1.22. The highest BCUT2D eigenvalue weighted by atomic mass is 19.1. The predicted octanol–water partition coefficient (Wildman–Crippen LogP) is 4.92. The summed E-state index contributed by atoms with van der Waals surface area (Å²) in [6.45, 7) is 2.99. The molecule has 0 radical (unpaired) electrons. The zero-order valence-electron chi connectivity index (χ0n) is 18.2. The molecule has 2 fully saturated rings. The fraction of sp³-hybridized carbons (Fsp3) is 0.370. The van der Waals surface area contributed by atoms with Crippen molar-refractivity contribution in [3.63, 3.8) is 0 Å². The summed E-state index contributed by atoms with van der Waals surface area (Å²) in [5.41, 5.74) is 2.25. The lowest BCUT2D eigenvalue weighted by atomic mass is 9.63. The van der Waals surface area contributed by atoms with Crippen molar-refractivity contribution >= 4 is 0 Å². The molecule has 2 heterocycles. The van der Waals surface area contributed by atoms with Crippen LogP contribution in [0.3, 0.4) is 0 Å². The molecular weight excluding hydrogens is 403 g/mol. The van der Waals surface area contributed by atoms with Crippen LogP contribution in [0.15, 0.2) is 73.1 Å². The molecule has 32 heavy (non-hydrogen) atoms. The van der Waals surface area contributed by atoms with Crippen LogP contribution >= 0.6 is 0 Å². The van der Waals surface area contributed by atoms with Crippen LogP contribution in [0.1, 0.15) is 36.0 Å². The number of aromatic nitrogens is 1. The number of nitrogens with zero attached hydrogens (tertiary/aromatic N) is 2. The standard InChI is InChI=1S/C27H29FN2O2/c28-25-8-1-4-21(14-25)19-32-26-11-9-20(10-12-26)16-30-17-23-5-2-6-24(18-30)27(23,31)22-7-3-13-29-15-22/h1,3-4,7-15,23-24,31H,2,5-6,16-19H2/t23-,24+,27?. The molecule has 1 aliphatic heterocycles. The molecule has 5 rings (SSSR count). The Morgan fingerprint density at radius 2 is 1.78 bits per heavy atom. The Labute approximate surface area is 188 Å². The van der Waals surface area contributed by atoms with Crippen molar-refractivity contribution in [1.29, 1.82) is 0 Å². The SMILES string of the molecule is OC1(c2cccnc2)[C@@H]2CCC[C@H]1CN(Cc1ccc(OCc3cccc(F)c3)cc1)C2. The fourth-order valence-corrected chi connectivity index (χ4v) is 5.49. The summed E-state index contributed by atoms with van der Waals surface area (Å²) in [7, 11) is 0. The number of hydrogen-bond acceptors (Lipinski definition) is 4. The molecule has 1 aliphatic carbocycles. The topological polar surface area (TPSA) is 45.6 Å². The van der Waals surface area contributed by atoms with Gasteiger partial charge in [-0.05, 0) is 54.3 Å². The number of pyridine rings is 1. The summed E-state index contributed by atoms with van der Waals surface area (Å²) in [5.74, 6) is 0.990. The maximum atomic E-state index is 13.3. The van der Waals surface area contributed by atoms with Gasteiger partial charge in [0.1, 0.15) is 18.2 Å². The predicted molar refractivity (Wildman–Crippen MR) is 121 cm³/mol. The fourth-order valence-electron chi connectivity index (χ4n) is 5.49. The van der Waals surface area contributed by atoms with Gasteiger partial charge in [-0.3, -0.25) is 9.88 Å². The van der Waals surface area contributed by atoms with E-state index in [4.69, 9.17) is 4.74 Å². The van der Waals surface area contributed by atoms with Gasteiger partial charge in [0, 0.05) is 49.4 Å². The molecule has 1 aromatic heterocycles. The first kappa shape index (κ1) is 21.1. The average molecular weight is 433 g/mol. The van der Waals surface area contributed by atoms with Crippen molar-refractivity contribution in [3.8, 4) is 5.75 Å². The Bertz CT molecular complexity index is 1030. The van der Waals surface area contributed by atoms with E-state index < -0.39 is 5.60 Å². The molecule has 3 aromatic rings. The Kier molecular flexibility index (Phi) is 5.94. The van der Waals surface area contributed by atoms with Crippen LogP contribution in [0.25, 0.3) is 0 Å². The molecule has 0 amide bonds. The molecule has 1 saturated heterocycles. The van der Waals surface area contributed by atoms with E-state index in [9.17, 15) is 9.50 Å². The van der Waals surface area contributed by atoms with Gasteiger partial charge in [0.05, 0.1) is 5.60 Å². The molecular formula is C27H29FN2O2. The highest BCUT2D eigenvalue weighted by molar-refractivity contribution is 5.29. The average Bonchev–Trinajstić information content (AvgIpc) is 2.80. The molecule has 2 bridgehead atoms. The van der Waals surface area contributed by atoms with Gasteiger partial charge in [0.15, 0.2) is 0 Å². The van der Waals surface area contributed by atoms with Gasteiger partial charge >= 0.3 is 0 Å². The van der Waals surface area contributed by atoms with E-state index in [0.29, 0.717) is 6.61 Å². The molecule has 166 valence electrons. The summed E-state index contributed by atoms with van der Waals surface area (Å²) >= 11 is 0. The monoisotopic (exact) mass is 432 g/mol. The molecule has 4 nitrogen and oxygen atoms in total. The van der Waals surface area contributed by atoms with Gasteiger partial charge < -0.3 is 9.84 Å². The van der Waals surface area contributed by atoms with Crippen LogP contribution in [0, 0.1) is 17.7 Å². The van der Waals surface area contributed by atoms with Crippen molar-refractivity contribution in [2.24, 2.45) is 11.8 Å². The largest absolute Gasteiger partial charge is 0.489 e. The normalized spacial score (nSPS) is 25.4. The van der Waals surface area contributed by atoms with Gasteiger partial charge in [-0.25, -0.2) is 4.39 Å². The molecule has 1 saturated carbocycles. The highest BCUT2D eigenvalue weighted by Gasteiger charge is 2.51. The van der Waals surface area contributed by atoms with Gasteiger partial charge in [-0.15, -0.1) is 0 Å². The van der Waals surface area contributed by atoms with Crippen molar-refractivity contribution < 1.29 is 14.2 Å². The highest BCUT2D eigenvalue weighted by Crippen LogP contribution is 2.49. The van der Waals surface area contributed by atoms with Crippen LogP contribution < -0.4 is 4.74 Å². The second-order valence-corrected chi connectivity index (χ2v) is 9.15. The van der Waals surface area contributed by atoms with E-state index in [1.807, 2.05) is 36.5 Å². The van der Waals surface area contributed by atoms with Gasteiger partial charge in [-0.1, -0.05) is 36.8 Å². The number of halogens is 1. The Morgan fingerprint density at radius 1 is 1.00 bits per heavy atom. The van der Waals surface area contributed by atoms with Crippen LogP contribution in [0.2, 0.25) is 0 Å². The van der Waals surface area contributed by atoms with Crippen molar-refractivity contribution in [1.82, 2.24) is 9.88 Å². The lowest BCUT2D eigenvalue weighted by molar-refractivity contribution is -0.148. The molecule has 2 aromatic carbocycles. The van der Waals surface area contributed by atoms with Crippen LogP contribution in [-0.4, -0.2) is 28.1 Å². The van der Waals surface area contributed by atoms with Gasteiger partial charge in [0.25, 0.3) is 0 Å². The van der Waals surface area contributed by atoms with E-state index >= 15 is 0 Å². The minimum atomic E-state index is -0.766. The number of aliphatic hydroxyl groups is 1. The number of fused-ring (bicyclic) bond motifs is 2. The lowest BCUT2D eigenvalue weighted by Crippen LogP contribution is -2.57. The van der Waals surface area contributed by atoms with Crippen LogP contribution in [0.4, 0.5) is 4.39 Å². The zero-order valence-corrected chi connectivity index (χ0v) is 18.2. The number of hydrogen-bond donors (Lipinski definition) is 1. The summed E-state index contributed by atoms with van der Waals surface area (Å²) < 4.78 is 19.1. The number of benzene rings is 2. The molecule has 5 heteroatoms. The molecule has 1 unspecified atom stereocenters. The maximum absolute atomic E-state index is 13.3. The molecule has 3 atom stereocenters. The van der Waals surface area contributed by atoms with E-state index in [-0.39, 0.29) is 17.7 Å². The van der Waals surface area contributed by atoms with E-state index in [1.54, 1.807) is 12.3 Å². The van der Waals surface area contributed by atoms with Gasteiger partial charge in [-0.2, -0.15) is 0 Å². The van der Waals surface area contributed by atoms with E-state index in [2.05, 4.69) is 22.0 Å². The van der Waals surface area contributed by atoms with E-state index in [0.717, 1.165) is 49.4 Å². The van der Waals surface area contributed by atoms with Crippen molar-refractivity contribution in [2.45, 2.75) is 38.0 Å². The third kappa shape index (κ3) is 4.27. The van der Waals surface area contributed by atoms with Crippen LogP contribution in [0.5, 0.6) is 5.75 Å². The first-order valence-corrected chi connectivity index (χ1v) is 11.4. The molecule has 1 N–H and O–H groups in total. The Morgan fingerprint density at radius 3 is 2.47 bits per heavy atom.